The molecule has 130 valence electrons. The number of carbonyl (C=O) groups excluding carboxylic acids is 1. The van der Waals surface area contributed by atoms with Crippen LogP contribution in [0.2, 0.25) is 5.02 Å². The predicted octanol–water partition coefficient (Wildman–Crippen LogP) is 3.47. The molecule has 1 heterocycles. The molecule has 1 unspecified atom stereocenters. The maximum absolute atomic E-state index is 12.5. The maximum atomic E-state index is 12.5. The molecule has 1 atom stereocenters. The highest BCUT2D eigenvalue weighted by Crippen LogP contribution is 2.32. The molecule has 0 saturated heterocycles. The summed E-state index contributed by atoms with van der Waals surface area (Å²) in [6.07, 6.45) is 0.798. The molecular formula is C16H21ClN4O2S. The number of thioether (sulfide) groups is 1. The van der Waals surface area contributed by atoms with Crippen LogP contribution in [0.15, 0.2) is 17.3 Å². The van der Waals surface area contributed by atoms with E-state index < -0.39 is 0 Å². The van der Waals surface area contributed by atoms with E-state index in [-0.39, 0.29) is 11.2 Å². The number of benzene rings is 1. The molecule has 1 amide bonds. The molecule has 0 saturated carbocycles. The lowest BCUT2D eigenvalue weighted by Crippen LogP contribution is -2.23. The number of aromatic nitrogens is 3. The van der Waals surface area contributed by atoms with Crippen LogP contribution in [0.5, 0.6) is 5.75 Å². The van der Waals surface area contributed by atoms with Crippen LogP contribution in [0.25, 0.3) is 0 Å². The highest BCUT2D eigenvalue weighted by atomic mass is 35.5. The molecule has 0 radical (unpaired) electrons. The van der Waals surface area contributed by atoms with Gasteiger partial charge in [0.25, 0.3) is 0 Å². The molecule has 24 heavy (non-hydrogen) atoms. The summed E-state index contributed by atoms with van der Waals surface area (Å²) in [6.45, 7) is 5.72. The van der Waals surface area contributed by atoms with Gasteiger partial charge in [0.2, 0.25) is 5.91 Å². The number of ether oxygens (including phenoxy) is 1. The molecule has 2 rings (SSSR count). The Balaban J connectivity index is 2.11. The van der Waals surface area contributed by atoms with Crippen molar-refractivity contribution in [2.45, 2.75) is 37.6 Å². The normalized spacial score (nSPS) is 12.1. The Labute approximate surface area is 150 Å². The number of halogens is 1. The molecule has 1 N–H and O–H groups in total. The maximum Gasteiger partial charge on any atom is 0.237 e. The van der Waals surface area contributed by atoms with Gasteiger partial charge >= 0.3 is 0 Å². The average molecular weight is 369 g/mol. The second-order valence-electron chi connectivity index (χ2n) is 5.36. The number of rotatable bonds is 6. The Morgan fingerprint density at radius 1 is 1.46 bits per heavy atom. The summed E-state index contributed by atoms with van der Waals surface area (Å²) in [4.78, 5) is 12.5. The van der Waals surface area contributed by atoms with Gasteiger partial charge in [-0.05, 0) is 25.5 Å². The standard InChI is InChI=1S/C16H21ClN4O2S/c1-6-14-19-20-16(21(14)4)24-10(3)15(22)18-12-7-9(2)11(17)8-13(12)23-5/h7-8,10H,6H2,1-5H3,(H,18,22). The van der Waals surface area contributed by atoms with Gasteiger partial charge in [-0.1, -0.05) is 30.3 Å². The zero-order chi connectivity index (χ0) is 17.9. The fourth-order valence-electron chi connectivity index (χ4n) is 2.13. The average Bonchev–Trinajstić information content (AvgIpc) is 2.90. The zero-order valence-electron chi connectivity index (χ0n) is 14.4. The Morgan fingerprint density at radius 3 is 2.75 bits per heavy atom. The topological polar surface area (TPSA) is 69.0 Å². The summed E-state index contributed by atoms with van der Waals surface area (Å²) < 4.78 is 7.19. The molecule has 1 aromatic carbocycles. The van der Waals surface area contributed by atoms with Crippen molar-refractivity contribution in [3.63, 3.8) is 0 Å². The van der Waals surface area contributed by atoms with Crippen molar-refractivity contribution in [1.82, 2.24) is 14.8 Å². The second-order valence-corrected chi connectivity index (χ2v) is 7.08. The van der Waals surface area contributed by atoms with E-state index in [2.05, 4.69) is 15.5 Å². The number of hydrogen-bond acceptors (Lipinski definition) is 5. The Morgan fingerprint density at radius 2 is 2.17 bits per heavy atom. The minimum atomic E-state index is -0.335. The van der Waals surface area contributed by atoms with Gasteiger partial charge < -0.3 is 14.6 Å². The van der Waals surface area contributed by atoms with Gasteiger partial charge in [0, 0.05) is 24.6 Å². The summed E-state index contributed by atoms with van der Waals surface area (Å²) in [5.41, 5.74) is 1.47. The van der Waals surface area contributed by atoms with Crippen molar-refractivity contribution in [1.29, 1.82) is 0 Å². The smallest absolute Gasteiger partial charge is 0.237 e. The van der Waals surface area contributed by atoms with Gasteiger partial charge in [-0.3, -0.25) is 4.79 Å². The summed E-state index contributed by atoms with van der Waals surface area (Å²) in [5, 5.41) is 12.1. The lowest BCUT2D eigenvalue weighted by molar-refractivity contribution is -0.115. The molecule has 0 bridgehead atoms. The van der Waals surface area contributed by atoms with Gasteiger partial charge in [-0.25, -0.2) is 0 Å². The van der Waals surface area contributed by atoms with Crippen molar-refractivity contribution in [2.75, 3.05) is 12.4 Å². The Bertz CT molecular complexity index is 748. The van der Waals surface area contributed by atoms with E-state index in [0.717, 1.165) is 17.8 Å². The minimum Gasteiger partial charge on any atom is -0.495 e. The van der Waals surface area contributed by atoms with Crippen molar-refractivity contribution in [3.8, 4) is 5.75 Å². The molecule has 0 aliphatic carbocycles. The second kappa shape index (κ2) is 7.90. The van der Waals surface area contributed by atoms with Gasteiger partial charge in [-0.2, -0.15) is 0 Å². The molecular weight excluding hydrogens is 348 g/mol. The van der Waals surface area contributed by atoms with Crippen LogP contribution in [0.4, 0.5) is 5.69 Å². The SMILES string of the molecule is CCc1nnc(SC(C)C(=O)Nc2cc(C)c(Cl)cc2OC)n1C. The van der Waals surface area contributed by atoms with Crippen LogP contribution in [0.3, 0.4) is 0 Å². The highest BCUT2D eigenvalue weighted by molar-refractivity contribution is 8.00. The lowest BCUT2D eigenvalue weighted by atomic mass is 10.2. The van der Waals surface area contributed by atoms with Crippen LogP contribution >= 0.6 is 23.4 Å². The molecule has 0 aliphatic rings. The first-order valence-electron chi connectivity index (χ1n) is 7.57. The van der Waals surface area contributed by atoms with E-state index in [0.29, 0.717) is 21.6 Å². The predicted molar refractivity (Wildman–Crippen MR) is 97.1 cm³/mol. The van der Waals surface area contributed by atoms with Crippen molar-refractivity contribution in [3.05, 3.63) is 28.5 Å². The molecule has 6 nitrogen and oxygen atoms in total. The largest absolute Gasteiger partial charge is 0.495 e. The zero-order valence-corrected chi connectivity index (χ0v) is 16.0. The van der Waals surface area contributed by atoms with Gasteiger partial charge in [0.1, 0.15) is 11.6 Å². The molecule has 8 heteroatoms. The highest BCUT2D eigenvalue weighted by Gasteiger charge is 2.20. The van der Waals surface area contributed by atoms with Crippen LogP contribution in [0, 0.1) is 6.92 Å². The Hall–Kier alpha value is -1.73. The third-order valence-electron chi connectivity index (χ3n) is 3.63. The first-order chi connectivity index (χ1) is 11.4. The summed E-state index contributed by atoms with van der Waals surface area (Å²) in [7, 11) is 3.44. The van der Waals surface area contributed by atoms with Gasteiger partial charge in [-0.15, -0.1) is 10.2 Å². The van der Waals surface area contributed by atoms with Gasteiger partial charge in [0.05, 0.1) is 18.0 Å². The van der Waals surface area contributed by atoms with Crippen molar-refractivity contribution in [2.24, 2.45) is 7.05 Å². The van der Waals surface area contributed by atoms with Crippen LogP contribution in [0.1, 0.15) is 25.2 Å². The molecule has 0 spiro atoms. The summed E-state index contributed by atoms with van der Waals surface area (Å²) in [5.74, 6) is 1.28. The minimum absolute atomic E-state index is 0.138. The van der Waals surface area contributed by atoms with E-state index in [1.54, 1.807) is 19.2 Å². The van der Waals surface area contributed by atoms with Crippen LogP contribution < -0.4 is 10.1 Å². The van der Waals surface area contributed by atoms with E-state index >= 15 is 0 Å². The third kappa shape index (κ3) is 4.02. The number of aryl methyl sites for hydroxylation is 2. The number of carbonyl (C=O) groups is 1. The first-order valence-corrected chi connectivity index (χ1v) is 8.83. The summed E-state index contributed by atoms with van der Waals surface area (Å²) >= 11 is 7.45. The monoisotopic (exact) mass is 368 g/mol. The van der Waals surface area contributed by atoms with E-state index in [9.17, 15) is 4.79 Å². The van der Waals surface area contributed by atoms with Gasteiger partial charge in [0.15, 0.2) is 5.16 Å². The molecule has 2 aromatic rings. The number of anilines is 1. The van der Waals surface area contributed by atoms with Crippen LogP contribution in [-0.4, -0.2) is 33.0 Å². The van der Waals surface area contributed by atoms with E-state index in [1.807, 2.05) is 32.4 Å². The fraction of sp³-hybridized carbons (Fsp3) is 0.438. The number of nitrogens with one attached hydrogen (secondary N) is 1. The molecule has 0 aliphatic heterocycles. The molecule has 1 aromatic heterocycles. The van der Waals surface area contributed by atoms with Crippen molar-refractivity contribution < 1.29 is 9.53 Å². The van der Waals surface area contributed by atoms with E-state index in [4.69, 9.17) is 16.3 Å². The number of hydrogen-bond donors (Lipinski definition) is 1. The fourth-order valence-corrected chi connectivity index (χ4v) is 3.12. The van der Waals surface area contributed by atoms with Crippen LogP contribution in [-0.2, 0) is 18.3 Å². The number of nitrogens with zero attached hydrogens (tertiary/aromatic N) is 3. The summed E-state index contributed by atoms with van der Waals surface area (Å²) in [6, 6.07) is 3.49. The number of methoxy groups -OCH3 is 1. The first kappa shape index (κ1) is 18.6. The quantitative estimate of drug-likeness (QED) is 0.790. The Kier molecular flexibility index (Phi) is 6.12. The number of amides is 1. The van der Waals surface area contributed by atoms with Crippen molar-refractivity contribution >= 4 is 35.0 Å². The van der Waals surface area contributed by atoms with E-state index in [1.165, 1.54) is 11.8 Å². The third-order valence-corrected chi connectivity index (χ3v) is 5.17. The lowest BCUT2D eigenvalue weighted by Gasteiger charge is -2.15. The molecule has 0 fully saturated rings.